The minimum absolute atomic E-state index is 0.247. The third kappa shape index (κ3) is 4.64. The maximum Gasteiger partial charge on any atom is 0.306 e. The number of esters is 1. The molecule has 1 atom stereocenters. The molecule has 3 heterocycles. The fraction of sp³-hybridized carbons (Fsp3) is 0.231. The number of hydrogen-bond donors (Lipinski definition) is 1. The van der Waals surface area contributed by atoms with E-state index in [4.69, 9.17) is 4.74 Å². The molecule has 0 radical (unpaired) electrons. The summed E-state index contributed by atoms with van der Waals surface area (Å²) < 4.78 is 19.7. The number of benzene rings is 1. The number of fused-ring (bicyclic) bond motifs is 1. The molecule has 1 aliphatic rings. The molecule has 1 aliphatic carbocycles. The van der Waals surface area contributed by atoms with Crippen LogP contribution < -0.4 is 5.32 Å². The van der Waals surface area contributed by atoms with Crippen LogP contribution in [0.1, 0.15) is 35.2 Å². The Bertz CT molecular complexity index is 1460. The van der Waals surface area contributed by atoms with Crippen LogP contribution in [-0.2, 0) is 15.1 Å². The van der Waals surface area contributed by atoms with E-state index < -0.39 is 16.0 Å². The van der Waals surface area contributed by atoms with Gasteiger partial charge >= 0.3 is 5.97 Å². The molecule has 1 N–H and O–H groups in total. The van der Waals surface area contributed by atoms with Gasteiger partial charge in [-0.05, 0) is 48.7 Å². The van der Waals surface area contributed by atoms with Crippen LogP contribution in [0.25, 0.3) is 16.6 Å². The van der Waals surface area contributed by atoms with Gasteiger partial charge in [-0.1, -0.05) is 11.9 Å². The van der Waals surface area contributed by atoms with Crippen LogP contribution in [0.2, 0.25) is 0 Å². The molecule has 1 amide bonds. The zero-order valence-corrected chi connectivity index (χ0v) is 20.4. The molecular formula is C26H24FN5O3S. The zero-order chi connectivity index (χ0) is 25.3. The van der Waals surface area contributed by atoms with Gasteiger partial charge in [0.1, 0.15) is 5.82 Å². The summed E-state index contributed by atoms with van der Waals surface area (Å²) in [6.45, 7) is 0. The van der Waals surface area contributed by atoms with Crippen LogP contribution >= 0.6 is 10.5 Å². The largest absolute Gasteiger partial charge is 0.469 e. The summed E-state index contributed by atoms with van der Waals surface area (Å²) in [5, 5.41) is 9.03. The average Bonchev–Trinajstić information content (AvgIpc) is 3.56. The van der Waals surface area contributed by atoms with Crippen molar-refractivity contribution in [2.45, 2.75) is 29.8 Å². The first-order valence-corrected chi connectivity index (χ1v) is 12.9. The van der Waals surface area contributed by atoms with Gasteiger partial charge in [0.05, 0.1) is 53.3 Å². The van der Waals surface area contributed by atoms with Crippen molar-refractivity contribution in [1.82, 2.24) is 25.1 Å². The first-order valence-electron chi connectivity index (χ1n) is 11.3. The summed E-state index contributed by atoms with van der Waals surface area (Å²) in [6.07, 6.45) is 8.46. The maximum absolute atomic E-state index is 13.3. The second-order valence-electron chi connectivity index (χ2n) is 8.60. The van der Waals surface area contributed by atoms with E-state index in [0.29, 0.717) is 34.3 Å². The molecule has 0 bridgehead atoms. The van der Waals surface area contributed by atoms with Crippen molar-refractivity contribution in [3.8, 4) is 5.69 Å². The summed E-state index contributed by atoms with van der Waals surface area (Å²) in [6, 6.07) is 9.83. The number of nitrogens with one attached hydrogen (secondary N) is 1. The first-order chi connectivity index (χ1) is 17.4. The second kappa shape index (κ2) is 9.62. The second-order valence-corrected chi connectivity index (χ2v) is 10.4. The van der Waals surface area contributed by atoms with E-state index in [1.807, 2.05) is 12.1 Å². The number of aromatic nitrogens is 4. The van der Waals surface area contributed by atoms with Gasteiger partial charge < -0.3 is 10.1 Å². The maximum atomic E-state index is 13.3. The van der Waals surface area contributed by atoms with E-state index in [-0.39, 0.29) is 17.7 Å². The van der Waals surface area contributed by atoms with E-state index in [0.717, 1.165) is 23.4 Å². The summed E-state index contributed by atoms with van der Waals surface area (Å²) in [4.78, 5) is 33.5. The van der Waals surface area contributed by atoms with Crippen LogP contribution in [0.3, 0.4) is 0 Å². The SMILES string of the molecule is C=S(CCC(=O)OC)c1ccc(C2(NC(=O)c3cncc4c3cnn4-c3ccc(F)cc3)CC2)cn1. The van der Waals surface area contributed by atoms with Crippen molar-refractivity contribution >= 4 is 39.1 Å². The molecule has 3 aromatic heterocycles. The summed E-state index contributed by atoms with van der Waals surface area (Å²) in [5.74, 6) is 3.85. The highest BCUT2D eigenvalue weighted by atomic mass is 32.2. The molecule has 4 aromatic rings. The molecular weight excluding hydrogens is 481 g/mol. The van der Waals surface area contributed by atoms with Crippen LogP contribution in [0.4, 0.5) is 4.39 Å². The van der Waals surface area contributed by atoms with Gasteiger partial charge in [0, 0.05) is 23.5 Å². The standard InChI is InChI=1S/C26H24FN5O3S/c1-35-24(33)9-12-36(2)23-8-3-17(13-29-23)26(10-11-26)31-25(34)21-14-28-16-22-20(21)15-30-32(22)19-6-4-18(27)5-7-19/h3-8,13-16H,2,9-12H2,1H3,(H,31,34). The monoisotopic (exact) mass is 505 g/mol. The van der Waals surface area contributed by atoms with Gasteiger partial charge in [0.15, 0.2) is 0 Å². The van der Waals surface area contributed by atoms with E-state index in [1.165, 1.54) is 25.4 Å². The highest BCUT2D eigenvalue weighted by Crippen LogP contribution is 2.46. The molecule has 0 aliphatic heterocycles. The fourth-order valence-corrected chi connectivity index (χ4v) is 5.14. The Morgan fingerprint density at radius 1 is 1.14 bits per heavy atom. The minimum atomic E-state index is -0.483. The molecule has 8 nitrogen and oxygen atoms in total. The van der Waals surface area contributed by atoms with Crippen LogP contribution in [0.5, 0.6) is 0 Å². The predicted octanol–water partition coefficient (Wildman–Crippen LogP) is 4.00. The normalized spacial score (nSPS) is 14.8. The topological polar surface area (TPSA) is 99.0 Å². The van der Waals surface area contributed by atoms with Gasteiger partial charge in [0.2, 0.25) is 0 Å². The smallest absolute Gasteiger partial charge is 0.306 e. The van der Waals surface area contributed by atoms with Crippen molar-refractivity contribution in [2.75, 3.05) is 12.9 Å². The summed E-state index contributed by atoms with van der Waals surface area (Å²) in [5.41, 5.74) is 2.18. The molecule has 184 valence electrons. The lowest BCUT2D eigenvalue weighted by atomic mass is 10.1. The molecule has 1 unspecified atom stereocenters. The number of pyridine rings is 2. The van der Waals surface area contributed by atoms with Crippen LogP contribution in [0.15, 0.2) is 66.2 Å². The number of hydrogen-bond acceptors (Lipinski definition) is 6. The van der Waals surface area contributed by atoms with Gasteiger partial charge in [-0.2, -0.15) is 5.10 Å². The van der Waals surface area contributed by atoms with E-state index in [2.05, 4.69) is 26.3 Å². The van der Waals surface area contributed by atoms with E-state index >= 15 is 0 Å². The summed E-state index contributed by atoms with van der Waals surface area (Å²) >= 11 is 0. The Labute approximate surface area is 209 Å². The van der Waals surface area contributed by atoms with E-state index in [1.54, 1.807) is 35.4 Å². The first kappa shape index (κ1) is 23.8. The lowest BCUT2D eigenvalue weighted by Gasteiger charge is -2.18. The zero-order valence-electron chi connectivity index (χ0n) is 19.6. The lowest BCUT2D eigenvalue weighted by Crippen LogP contribution is -2.35. The summed E-state index contributed by atoms with van der Waals surface area (Å²) in [7, 11) is 0.940. The number of halogens is 1. The number of methoxy groups -OCH3 is 1. The number of nitrogens with zero attached hydrogens (tertiary/aromatic N) is 4. The molecule has 5 rings (SSSR count). The third-order valence-electron chi connectivity index (χ3n) is 6.28. The number of ether oxygens (including phenoxy) is 1. The van der Waals surface area contributed by atoms with Crippen LogP contribution in [-0.4, -0.2) is 50.4 Å². The quantitative estimate of drug-likeness (QED) is 0.287. The molecule has 1 aromatic carbocycles. The number of carbonyl (C=O) groups excluding carboxylic acids is 2. The Morgan fingerprint density at radius 3 is 2.58 bits per heavy atom. The third-order valence-corrected chi connectivity index (χ3v) is 7.81. The Balaban J connectivity index is 1.34. The highest BCUT2D eigenvalue weighted by molar-refractivity contribution is 8.14. The number of amides is 1. The fourth-order valence-electron chi connectivity index (χ4n) is 4.05. The van der Waals surface area contributed by atoms with Crippen LogP contribution in [0, 0.1) is 5.82 Å². The lowest BCUT2D eigenvalue weighted by molar-refractivity contribution is -0.140. The van der Waals surface area contributed by atoms with Crippen molar-refractivity contribution < 1.29 is 18.7 Å². The Hall–Kier alpha value is -3.92. The molecule has 10 heteroatoms. The van der Waals surface area contributed by atoms with Crippen molar-refractivity contribution in [2.24, 2.45) is 0 Å². The highest BCUT2D eigenvalue weighted by Gasteiger charge is 2.46. The average molecular weight is 506 g/mol. The van der Waals surface area contributed by atoms with Crippen molar-refractivity contribution in [3.63, 3.8) is 0 Å². The molecule has 1 saturated carbocycles. The molecule has 0 saturated heterocycles. The van der Waals surface area contributed by atoms with Gasteiger partial charge in [-0.15, -0.1) is 10.5 Å². The van der Waals surface area contributed by atoms with Crippen molar-refractivity contribution in [3.05, 3.63) is 78.1 Å². The Morgan fingerprint density at radius 2 is 1.92 bits per heavy atom. The number of carbonyl (C=O) groups is 2. The predicted molar refractivity (Wildman–Crippen MR) is 136 cm³/mol. The minimum Gasteiger partial charge on any atom is -0.469 e. The van der Waals surface area contributed by atoms with Gasteiger partial charge in [-0.3, -0.25) is 19.6 Å². The van der Waals surface area contributed by atoms with Gasteiger partial charge in [0.25, 0.3) is 5.91 Å². The Kier molecular flexibility index (Phi) is 6.36. The number of rotatable bonds is 8. The molecule has 1 fully saturated rings. The van der Waals surface area contributed by atoms with E-state index in [9.17, 15) is 14.0 Å². The van der Waals surface area contributed by atoms with Gasteiger partial charge in [-0.25, -0.2) is 9.07 Å². The molecule has 0 spiro atoms. The van der Waals surface area contributed by atoms with Crippen molar-refractivity contribution in [1.29, 1.82) is 0 Å². The molecule has 36 heavy (non-hydrogen) atoms.